The molecule has 10 aromatic rings. The predicted octanol–water partition coefficient (Wildman–Crippen LogP) is 17.0. The molecule has 348 valence electrons. The first-order chi connectivity index (χ1) is 35.8. The zero-order chi connectivity index (χ0) is 52.3. The zero-order valence-electron chi connectivity index (χ0n) is 45.5. The first-order valence-electron chi connectivity index (χ1n) is 26.2. The van der Waals surface area contributed by atoms with Crippen molar-refractivity contribution in [3.63, 3.8) is 0 Å². The van der Waals surface area contributed by atoms with Gasteiger partial charge in [-0.1, -0.05) is 132 Å². The van der Waals surface area contributed by atoms with Crippen LogP contribution in [-0.2, 0) is 31.9 Å². The number of anilines is 4. The summed E-state index contributed by atoms with van der Waals surface area (Å²) >= 11 is 0. The molecule has 3 aliphatic rings. The molecule has 0 radical (unpaired) electrons. The SMILES string of the molecule is [2H]c1c(C(C)(C)C)c([2H])c2c3ccc4[c-]c3n(c2c1[2H])-c1cc(C([2H])([2H])[2H])c(cn1)-c1ccccc1Oc1cccc(c1)-c1cc(C(C)(C)C)cc(-c2ccccc2)c1N1[CH-]N(c2[c-]c(ccc2)O4)c2ccccc21.[Pt]. The molecule has 13 rings (SSSR count). The minimum atomic E-state index is -2.65. The molecule has 0 N–H and O–H groups in total. The van der Waals surface area contributed by atoms with Crippen molar-refractivity contribution in [3.05, 3.63) is 211 Å². The summed E-state index contributed by atoms with van der Waals surface area (Å²) in [6.45, 7) is 11.9. The molecule has 70 heavy (non-hydrogen) atoms. The number of hydrogen-bond donors (Lipinski definition) is 0. The van der Waals surface area contributed by atoms with Crippen molar-refractivity contribution < 1.29 is 38.8 Å². The molecule has 8 aromatic carbocycles. The van der Waals surface area contributed by atoms with E-state index in [-0.39, 0.29) is 61.5 Å². The first-order valence-corrected chi connectivity index (χ1v) is 23.2. The van der Waals surface area contributed by atoms with Crippen LogP contribution in [0.25, 0.3) is 61.0 Å². The van der Waals surface area contributed by atoms with E-state index in [4.69, 9.17) is 18.6 Å². The van der Waals surface area contributed by atoms with Gasteiger partial charge in [-0.15, -0.1) is 48.1 Å². The molecule has 0 spiro atoms. The van der Waals surface area contributed by atoms with Gasteiger partial charge in [0.05, 0.1) is 4.11 Å². The van der Waals surface area contributed by atoms with Gasteiger partial charge in [-0.05, 0) is 105 Å². The number of rotatable bonds is 1. The van der Waals surface area contributed by atoms with Crippen LogP contribution in [0.2, 0.25) is 0 Å². The van der Waals surface area contributed by atoms with Crippen LogP contribution in [0.3, 0.4) is 0 Å². The van der Waals surface area contributed by atoms with E-state index in [1.165, 1.54) is 12.3 Å². The van der Waals surface area contributed by atoms with E-state index < -0.39 is 12.3 Å². The van der Waals surface area contributed by atoms with Gasteiger partial charge < -0.3 is 23.8 Å². The van der Waals surface area contributed by atoms with Gasteiger partial charge >= 0.3 is 0 Å². The summed E-state index contributed by atoms with van der Waals surface area (Å²) in [5.41, 5.74) is 9.70. The monoisotopic (exact) mass is 1100 g/mol. The third-order valence-corrected chi connectivity index (χ3v) is 13.0. The van der Waals surface area contributed by atoms with Gasteiger partial charge in [0.15, 0.2) is 0 Å². The van der Waals surface area contributed by atoms with E-state index in [0.717, 1.165) is 50.6 Å². The summed E-state index contributed by atoms with van der Waals surface area (Å²) in [7, 11) is 0. The first kappa shape index (κ1) is 38.4. The average molecular weight is 1100 g/mol. The molecule has 0 atom stereocenters. The number of aromatic nitrogens is 2. The van der Waals surface area contributed by atoms with Crippen molar-refractivity contribution in [1.29, 1.82) is 0 Å². The molecule has 5 heterocycles. The molecule has 2 aromatic heterocycles. The maximum absolute atomic E-state index is 9.64. The quantitative estimate of drug-likeness (QED) is 0.153. The Morgan fingerprint density at radius 1 is 0.600 bits per heavy atom. The molecule has 0 unspecified atom stereocenters. The van der Waals surface area contributed by atoms with Crippen LogP contribution in [-0.4, -0.2) is 9.55 Å². The Labute approximate surface area is 433 Å². The minimum Gasteiger partial charge on any atom is -0.509 e. The fourth-order valence-electron chi connectivity index (χ4n) is 9.41. The normalized spacial score (nSPS) is 14.5. The number of fused-ring (bicyclic) bond motifs is 5. The van der Waals surface area contributed by atoms with Crippen molar-refractivity contribution in [3.8, 4) is 62.2 Å². The van der Waals surface area contributed by atoms with E-state index >= 15 is 0 Å². The number of benzene rings is 8. The Morgan fingerprint density at radius 3 is 2.09 bits per heavy atom. The maximum atomic E-state index is 9.64. The van der Waals surface area contributed by atoms with Crippen LogP contribution in [0.1, 0.15) is 66.5 Å². The molecule has 0 saturated carbocycles. The number of para-hydroxylation sites is 3. The third kappa shape index (κ3) is 7.85. The second-order valence-electron chi connectivity index (χ2n) is 19.7. The van der Waals surface area contributed by atoms with Crippen LogP contribution in [0.15, 0.2) is 176 Å². The van der Waals surface area contributed by atoms with Gasteiger partial charge in [-0.3, -0.25) is 0 Å². The van der Waals surface area contributed by atoms with Crippen LogP contribution in [0, 0.1) is 25.7 Å². The largest absolute Gasteiger partial charge is 0.509 e. The van der Waals surface area contributed by atoms with Gasteiger partial charge in [-0.2, -0.15) is 12.1 Å². The van der Waals surface area contributed by atoms with Crippen LogP contribution >= 0.6 is 0 Å². The van der Waals surface area contributed by atoms with Crippen LogP contribution in [0.4, 0.5) is 22.7 Å². The van der Waals surface area contributed by atoms with E-state index in [2.05, 4.69) is 104 Å². The molecule has 10 bridgehead atoms. The minimum absolute atomic E-state index is 0. The molecule has 0 amide bonds. The molecular weight excluding hydrogens is 1040 g/mol. The van der Waals surface area contributed by atoms with E-state index in [1.807, 2.05) is 106 Å². The standard InChI is InChI=1S/C63H51N4O2.Pt/c1-40-31-60-64-38-54(40)50-23-11-14-26-59(50)69-46-21-15-19-42(32-46)52-35-44(63(5,6)7)34-51(41-17-9-8-10-18-41)61(52)66-39-65(56-24-12-13-25-57(56)66)45-20-16-22-47(36-45)68-48-28-29-49-53-33-43(62(2,3)4)27-30-55(53)67(60)58(49)37-48;/h8-35,38-39H,1-7H3;/q-3;/i1D3,27D,30D,33D;. The number of hydrogen-bond acceptors (Lipinski definition) is 5. The van der Waals surface area contributed by atoms with Crippen LogP contribution in [0.5, 0.6) is 23.0 Å². The van der Waals surface area contributed by atoms with Crippen molar-refractivity contribution in [2.24, 2.45) is 0 Å². The molecule has 0 fully saturated rings. The van der Waals surface area contributed by atoms with Crippen molar-refractivity contribution >= 4 is 44.6 Å². The van der Waals surface area contributed by atoms with Crippen molar-refractivity contribution in [2.75, 3.05) is 9.80 Å². The van der Waals surface area contributed by atoms with Crippen molar-refractivity contribution in [1.82, 2.24) is 9.55 Å². The fraction of sp³-hybridized carbons (Fsp3) is 0.143. The third-order valence-electron chi connectivity index (χ3n) is 13.0. The number of ether oxygens (including phenoxy) is 2. The molecule has 0 aliphatic carbocycles. The second-order valence-corrected chi connectivity index (χ2v) is 19.7. The Morgan fingerprint density at radius 2 is 1.30 bits per heavy atom. The number of aryl methyl sites for hydroxylation is 1. The van der Waals surface area contributed by atoms with E-state index in [0.29, 0.717) is 56.0 Å². The van der Waals surface area contributed by atoms with E-state index in [1.54, 1.807) is 10.6 Å². The molecule has 0 saturated heterocycles. The Kier molecular flexibility index (Phi) is 9.46. The summed E-state index contributed by atoms with van der Waals surface area (Å²) in [5.74, 6) is 1.84. The van der Waals surface area contributed by atoms with Crippen molar-refractivity contribution in [2.45, 2.75) is 59.2 Å². The summed E-state index contributed by atoms with van der Waals surface area (Å²) in [4.78, 5) is 9.34. The molecular formula is C63H51N4O2Pt-3. The van der Waals surface area contributed by atoms with Gasteiger partial charge in [-0.25, -0.2) is 4.98 Å². The number of pyridine rings is 1. The van der Waals surface area contributed by atoms with Crippen LogP contribution < -0.4 is 19.3 Å². The summed E-state index contributed by atoms with van der Waals surface area (Å²) in [5, 5.41) is 0.996. The summed E-state index contributed by atoms with van der Waals surface area (Å²) in [6, 6.07) is 56.4. The molecule has 3 aliphatic heterocycles. The summed E-state index contributed by atoms with van der Waals surface area (Å²) < 4.78 is 70.7. The number of nitrogens with zero attached hydrogens (tertiary/aromatic N) is 4. The Hall–Kier alpha value is -7.40. The predicted molar refractivity (Wildman–Crippen MR) is 283 cm³/mol. The van der Waals surface area contributed by atoms with Gasteiger partial charge in [0.25, 0.3) is 0 Å². The van der Waals surface area contributed by atoms with Gasteiger partial charge in [0.2, 0.25) is 0 Å². The molecule has 6 nitrogen and oxygen atoms in total. The summed E-state index contributed by atoms with van der Waals surface area (Å²) in [6.07, 6.45) is 1.53. The average Bonchev–Trinajstić information content (AvgIpc) is 4.02. The Bertz CT molecular complexity index is 3950. The van der Waals surface area contributed by atoms with Gasteiger partial charge in [0, 0.05) is 87.7 Å². The maximum Gasteiger partial charge on any atom is 0.135 e. The van der Waals surface area contributed by atoms with Gasteiger partial charge in [0.1, 0.15) is 17.3 Å². The fourth-order valence-corrected chi connectivity index (χ4v) is 9.41. The second kappa shape index (κ2) is 17.2. The Balaban J connectivity index is 0.00000616. The topological polar surface area (TPSA) is 42.8 Å². The smallest absolute Gasteiger partial charge is 0.135 e. The molecule has 7 heteroatoms. The van der Waals surface area contributed by atoms with E-state index in [9.17, 15) is 4.11 Å². The zero-order valence-corrected chi connectivity index (χ0v) is 41.8.